The van der Waals surface area contributed by atoms with Crippen molar-refractivity contribution in [3.05, 3.63) is 42.0 Å². The largest absolute Gasteiger partial charge is 0.330 e. The number of nitrogens with two attached hydrogens (primary N) is 1. The third kappa shape index (κ3) is 7.90. The highest BCUT2D eigenvalue weighted by Crippen LogP contribution is 2.02. The van der Waals surface area contributed by atoms with E-state index in [0.29, 0.717) is 37.5 Å². The molecule has 0 unspecified atom stereocenters. The van der Waals surface area contributed by atoms with Gasteiger partial charge in [0.05, 0.1) is 0 Å². The molecular weight excluding hydrogens is 282 g/mol. The van der Waals surface area contributed by atoms with Gasteiger partial charge in [-0.3, -0.25) is 10.0 Å². The maximum atomic E-state index is 11.7. The number of hydrogen-bond donors (Lipinski definition) is 3. The Morgan fingerprint density at radius 2 is 1.68 bits per heavy atom. The zero-order valence-corrected chi connectivity index (χ0v) is 12.8. The molecule has 122 valence electrons. The van der Waals surface area contributed by atoms with Crippen LogP contribution < -0.4 is 5.73 Å². The first-order valence-corrected chi connectivity index (χ1v) is 7.51. The summed E-state index contributed by atoms with van der Waals surface area (Å²) in [7, 11) is 0. The van der Waals surface area contributed by atoms with E-state index in [9.17, 15) is 15.2 Å². The molecule has 0 aliphatic rings. The van der Waals surface area contributed by atoms with Crippen LogP contribution in [0.1, 0.15) is 24.8 Å². The third-order valence-electron chi connectivity index (χ3n) is 3.13. The number of amides is 1. The van der Waals surface area contributed by atoms with Crippen LogP contribution in [0.4, 0.5) is 0 Å². The van der Waals surface area contributed by atoms with E-state index in [1.807, 2.05) is 30.3 Å². The molecule has 0 atom stereocenters. The Hall–Kier alpha value is -1.73. The van der Waals surface area contributed by atoms with Gasteiger partial charge in [0, 0.05) is 25.7 Å². The van der Waals surface area contributed by atoms with Crippen molar-refractivity contribution in [1.29, 1.82) is 0 Å². The van der Waals surface area contributed by atoms with Gasteiger partial charge in [0.15, 0.2) is 0 Å². The number of unbranched alkanes of at least 4 members (excludes halogenated alkanes) is 1. The Morgan fingerprint density at radius 3 is 2.36 bits per heavy atom. The van der Waals surface area contributed by atoms with Gasteiger partial charge in [-0.25, -0.2) is 5.06 Å². The number of hydroxylamine groups is 4. The summed E-state index contributed by atoms with van der Waals surface area (Å²) in [5, 5.41) is 21.0. The topological polar surface area (TPSA) is 90.0 Å². The Labute approximate surface area is 131 Å². The van der Waals surface area contributed by atoms with Crippen LogP contribution in [-0.4, -0.2) is 52.6 Å². The molecule has 22 heavy (non-hydrogen) atoms. The summed E-state index contributed by atoms with van der Waals surface area (Å²) < 4.78 is 0. The fourth-order valence-corrected chi connectivity index (χ4v) is 1.87. The van der Waals surface area contributed by atoms with Gasteiger partial charge in [-0.2, -0.15) is 5.06 Å². The number of nitrogens with zero attached hydrogens (tertiary/aromatic N) is 2. The molecule has 6 heteroatoms. The van der Waals surface area contributed by atoms with Crippen LogP contribution in [0, 0.1) is 0 Å². The molecule has 0 aromatic heterocycles. The molecule has 0 saturated heterocycles. The maximum absolute atomic E-state index is 11.7. The third-order valence-corrected chi connectivity index (χ3v) is 3.13. The Kier molecular flexibility index (Phi) is 9.09. The van der Waals surface area contributed by atoms with E-state index >= 15 is 0 Å². The van der Waals surface area contributed by atoms with Crippen LogP contribution in [0.3, 0.4) is 0 Å². The summed E-state index contributed by atoms with van der Waals surface area (Å²) in [6, 6.07) is 9.42. The van der Waals surface area contributed by atoms with E-state index in [-0.39, 0.29) is 6.54 Å². The molecule has 0 aliphatic heterocycles. The van der Waals surface area contributed by atoms with Crippen LogP contribution >= 0.6 is 0 Å². The number of carbonyl (C=O) groups is 1. The van der Waals surface area contributed by atoms with Crippen LogP contribution in [0.2, 0.25) is 0 Å². The first-order chi connectivity index (χ1) is 10.6. The summed E-state index contributed by atoms with van der Waals surface area (Å²) in [4.78, 5) is 11.7. The highest BCUT2D eigenvalue weighted by atomic mass is 16.5. The minimum Gasteiger partial charge on any atom is -0.330 e. The molecule has 0 bridgehead atoms. The molecule has 0 spiro atoms. The van der Waals surface area contributed by atoms with Crippen LogP contribution in [-0.2, 0) is 4.79 Å². The lowest BCUT2D eigenvalue weighted by atomic mass is 10.2. The van der Waals surface area contributed by atoms with Crippen molar-refractivity contribution in [3.8, 4) is 0 Å². The summed E-state index contributed by atoms with van der Waals surface area (Å²) in [6.45, 7) is 1.83. The average molecular weight is 307 g/mol. The Bertz CT molecular complexity index is 451. The Balaban J connectivity index is 2.20. The van der Waals surface area contributed by atoms with Crippen molar-refractivity contribution >= 4 is 12.0 Å². The predicted octanol–water partition coefficient (Wildman–Crippen LogP) is 1.74. The van der Waals surface area contributed by atoms with Crippen LogP contribution in [0.15, 0.2) is 36.4 Å². The zero-order chi connectivity index (χ0) is 16.2. The Morgan fingerprint density at radius 1 is 1.05 bits per heavy atom. The summed E-state index contributed by atoms with van der Waals surface area (Å²) in [5.41, 5.74) is 6.26. The monoisotopic (exact) mass is 307 g/mol. The van der Waals surface area contributed by atoms with Crippen LogP contribution in [0.25, 0.3) is 6.08 Å². The van der Waals surface area contributed by atoms with Gasteiger partial charge in [-0.15, -0.1) is 0 Å². The second-order valence-corrected chi connectivity index (χ2v) is 5.01. The molecule has 1 aromatic carbocycles. The minimum atomic E-state index is -0.451. The van der Waals surface area contributed by atoms with Gasteiger partial charge in [-0.1, -0.05) is 30.3 Å². The first-order valence-electron chi connectivity index (χ1n) is 7.51. The van der Waals surface area contributed by atoms with Gasteiger partial charge in [-0.05, 0) is 37.4 Å². The van der Waals surface area contributed by atoms with Gasteiger partial charge in [0.2, 0.25) is 0 Å². The minimum absolute atomic E-state index is 0.239. The van der Waals surface area contributed by atoms with Gasteiger partial charge in [0.1, 0.15) is 0 Å². The van der Waals surface area contributed by atoms with Crippen LogP contribution in [0.5, 0.6) is 0 Å². The lowest BCUT2D eigenvalue weighted by Gasteiger charge is -2.16. The molecule has 0 fully saturated rings. The molecule has 0 radical (unpaired) electrons. The van der Waals surface area contributed by atoms with Crippen molar-refractivity contribution in [2.75, 3.05) is 26.2 Å². The standard InChI is InChI=1S/C16H25N3O3/c17-11-6-13-18(21)12-4-5-14-19(22)16(20)10-9-15-7-2-1-3-8-15/h1-3,7-10,21-22H,4-6,11-14,17H2. The second kappa shape index (κ2) is 10.9. The normalized spacial score (nSPS) is 11.3. The smallest absolute Gasteiger partial charge is 0.269 e. The number of hydrogen-bond acceptors (Lipinski definition) is 5. The molecule has 0 saturated carbocycles. The average Bonchev–Trinajstić information content (AvgIpc) is 2.55. The first kappa shape index (κ1) is 18.3. The van der Waals surface area contributed by atoms with Crippen molar-refractivity contribution < 1.29 is 15.2 Å². The highest BCUT2D eigenvalue weighted by molar-refractivity contribution is 5.90. The summed E-state index contributed by atoms with van der Waals surface area (Å²) in [5.74, 6) is -0.451. The van der Waals surface area contributed by atoms with Gasteiger partial charge in [0.25, 0.3) is 5.91 Å². The van der Waals surface area contributed by atoms with E-state index in [2.05, 4.69) is 0 Å². The van der Waals surface area contributed by atoms with E-state index in [0.717, 1.165) is 12.0 Å². The molecule has 4 N–H and O–H groups in total. The molecule has 1 rings (SSSR count). The summed E-state index contributed by atoms with van der Waals surface area (Å²) >= 11 is 0. The van der Waals surface area contributed by atoms with E-state index in [4.69, 9.17) is 5.73 Å². The van der Waals surface area contributed by atoms with Gasteiger partial charge < -0.3 is 10.9 Å². The second-order valence-electron chi connectivity index (χ2n) is 5.01. The van der Waals surface area contributed by atoms with Crippen molar-refractivity contribution in [2.24, 2.45) is 5.73 Å². The quantitative estimate of drug-likeness (QED) is 0.265. The molecule has 0 heterocycles. The lowest BCUT2D eigenvalue weighted by molar-refractivity contribution is -0.159. The number of carbonyl (C=O) groups excluding carboxylic acids is 1. The fourth-order valence-electron chi connectivity index (χ4n) is 1.87. The lowest BCUT2D eigenvalue weighted by Crippen LogP contribution is -2.28. The van der Waals surface area contributed by atoms with Crippen molar-refractivity contribution in [3.63, 3.8) is 0 Å². The van der Waals surface area contributed by atoms with Crippen molar-refractivity contribution in [1.82, 2.24) is 10.1 Å². The van der Waals surface area contributed by atoms with E-state index in [1.165, 1.54) is 11.1 Å². The SMILES string of the molecule is NCCCN(O)CCCCN(O)C(=O)C=Cc1ccccc1. The van der Waals surface area contributed by atoms with Crippen molar-refractivity contribution in [2.45, 2.75) is 19.3 Å². The van der Waals surface area contributed by atoms with E-state index < -0.39 is 5.91 Å². The predicted molar refractivity (Wildman–Crippen MR) is 85.2 cm³/mol. The van der Waals surface area contributed by atoms with E-state index in [1.54, 1.807) is 6.08 Å². The molecule has 1 aromatic rings. The molecule has 6 nitrogen and oxygen atoms in total. The fraction of sp³-hybridized carbons (Fsp3) is 0.438. The molecular formula is C16H25N3O3. The maximum Gasteiger partial charge on any atom is 0.269 e. The van der Waals surface area contributed by atoms with Gasteiger partial charge >= 0.3 is 0 Å². The zero-order valence-electron chi connectivity index (χ0n) is 12.8. The highest BCUT2D eigenvalue weighted by Gasteiger charge is 2.07. The number of rotatable bonds is 10. The summed E-state index contributed by atoms with van der Waals surface area (Å²) in [6.07, 6.45) is 5.04. The molecule has 0 aliphatic carbocycles. The molecule has 1 amide bonds. The number of benzene rings is 1.